The zero-order valence-corrected chi connectivity index (χ0v) is 30.0. The van der Waals surface area contributed by atoms with Crippen LogP contribution >= 0.6 is 7.82 Å². The third-order valence-corrected chi connectivity index (χ3v) is 8.47. The molecule has 0 aliphatic rings. The lowest BCUT2D eigenvalue weighted by Crippen LogP contribution is -2.29. The Morgan fingerprint density at radius 3 is 1.87 bits per heavy atom. The summed E-state index contributed by atoms with van der Waals surface area (Å²) in [4.78, 5) is 54.3. The minimum atomic E-state index is -4.76. The molecule has 0 aliphatic heterocycles. The molecule has 0 aliphatic carbocycles. The number of phosphoric acid groups is 1. The molecule has 0 radical (unpaired) electrons. The molecule has 0 saturated carbocycles. The van der Waals surface area contributed by atoms with E-state index in [4.69, 9.17) is 19.3 Å². The van der Waals surface area contributed by atoms with Crippen molar-refractivity contribution in [2.24, 2.45) is 5.92 Å². The van der Waals surface area contributed by atoms with Gasteiger partial charge in [0, 0.05) is 19.3 Å². The van der Waals surface area contributed by atoms with Crippen LogP contribution in [0, 0.1) is 5.92 Å². The van der Waals surface area contributed by atoms with Gasteiger partial charge >= 0.3 is 19.8 Å². The predicted molar refractivity (Wildman–Crippen MR) is 184 cm³/mol. The minimum Gasteiger partial charge on any atom is -0.462 e. The van der Waals surface area contributed by atoms with E-state index in [2.05, 4.69) is 31.4 Å². The number of allylic oxidation sites excluding steroid dienone is 4. The second-order valence-electron chi connectivity index (χ2n) is 12.5. The highest BCUT2D eigenvalue weighted by molar-refractivity contribution is 7.46. The van der Waals surface area contributed by atoms with Gasteiger partial charge in [0.2, 0.25) is 0 Å². The summed E-state index contributed by atoms with van der Waals surface area (Å²) in [6.07, 6.45) is 27.4. The summed E-state index contributed by atoms with van der Waals surface area (Å²) in [7, 11) is -4.76. The van der Waals surface area contributed by atoms with E-state index < -0.39 is 32.5 Å². The second-order valence-corrected chi connectivity index (χ2v) is 13.7. The first kappa shape index (κ1) is 44.2. The van der Waals surface area contributed by atoms with Gasteiger partial charge in [0.15, 0.2) is 11.9 Å². The fraction of sp³-hybridized carbons (Fsp3) is 0.806. The molecule has 10 heteroatoms. The summed E-state index contributed by atoms with van der Waals surface area (Å²) in [6.45, 7) is 5.79. The number of hydrogen-bond donors (Lipinski definition) is 2. The van der Waals surface area contributed by atoms with Crippen molar-refractivity contribution in [3.63, 3.8) is 0 Å². The molecular weight excluding hydrogens is 607 g/mol. The van der Waals surface area contributed by atoms with Gasteiger partial charge in [-0.3, -0.25) is 18.9 Å². The number of rotatable bonds is 32. The highest BCUT2D eigenvalue weighted by Gasteiger charge is 2.22. The van der Waals surface area contributed by atoms with Gasteiger partial charge in [0.1, 0.15) is 6.61 Å². The molecule has 1 unspecified atom stereocenters. The third-order valence-electron chi connectivity index (χ3n) is 7.99. The number of phosphoric ester groups is 1. The summed E-state index contributed by atoms with van der Waals surface area (Å²) < 4.78 is 26.2. The van der Waals surface area contributed by atoms with Crippen LogP contribution in [0.3, 0.4) is 0 Å². The van der Waals surface area contributed by atoms with E-state index in [1.54, 1.807) is 6.08 Å². The van der Waals surface area contributed by atoms with Gasteiger partial charge in [-0.25, -0.2) is 4.57 Å². The zero-order chi connectivity index (χ0) is 34.3. The quantitative estimate of drug-likeness (QED) is 0.0235. The molecule has 0 spiro atoms. The zero-order valence-electron chi connectivity index (χ0n) is 29.1. The number of hydrogen-bond acceptors (Lipinski definition) is 7. The maximum absolute atomic E-state index is 12.3. The molecule has 0 bridgehead atoms. The van der Waals surface area contributed by atoms with Crippen molar-refractivity contribution in [1.82, 2.24) is 0 Å². The Bertz CT molecular complexity index is 881. The van der Waals surface area contributed by atoms with Gasteiger partial charge in [-0.15, -0.1) is 0 Å². The van der Waals surface area contributed by atoms with E-state index in [-0.39, 0.29) is 25.2 Å². The Labute approximate surface area is 279 Å². The summed E-state index contributed by atoms with van der Waals surface area (Å²) in [6, 6.07) is 0. The number of carbonyl (C=O) groups excluding carboxylic acids is 3. The molecule has 0 fully saturated rings. The Morgan fingerprint density at radius 2 is 1.26 bits per heavy atom. The molecule has 0 saturated heterocycles. The van der Waals surface area contributed by atoms with Crippen molar-refractivity contribution >= 4 is 25.5 Å². The van der Waals surface area contributed by atoms with E-state index >= 15 is 0 Å². The van der Waals surface area contributed by atoms with Gasteiger partial charge in [0.05, 0.1) is 6.61 Å². The monoisotopic (exact) mass is 672 g/mol. The van der Waals surface area contributed by atoms with Crippen molar-refractivity contribution in [2.75, 3.05) is 13.2 Å². The lowest BCUT2D eigenvalue weighted by Gasteiger charge is -2.18. The fourth-order valence-electron chi connectivity index (χ4n) is 4.86. The van der Waals surface area contributed by atoms with E-state index in [9.17, 15) is 18.9 Å². The number of unbranched alkanes of at least 4 members (excludes halogenated alkanes) is 14. The molecule has 46 heavy (non-hydrogen) atoms. The first-order valence-electron chi connectivity index (χ1n) is 18.0. The van der Waals surface area contributed by atoms with E-state index in [1.165, 1.54) is 38.5 Å². The summed E-state index contributed by atoms with van der Waals surface area (Å²) in [5, 5.41) is 0. The van der Waals surface area contributed by atoms with Crippen LogP contribution in [0.1, 0.15) is 162 Å². The second kappa shape index (κ2) is 30.5. The SMILES string of the molecule is CCCCCC(=O)/C=C/C=C\CCCCCCCC(=O)OC[C@H](COP(=O)(O)O)OC(=O)CCCCCCCCCCC(C)CC. The van der Waals surface area contributed by atoms with Crippen LogP contribution in [0.4, 0.5) is 0 Å². The molecule has 0 aromatic heterocycles. The molecule has 0 rings (SSSR count). The minimum absolute atomic E-state index is 0.173. The van der Waals surface area contributed by atoms with Crippen molar-refractivity contribution in [3.05, 3.63) is 24.3 Å². The Morgan fingerprint density at radius 1 is 0.696 bits per heavy atom. The van der Waals surface area contributed by atoms with Gasteiger partial charge in [-0.05, 0) is 44.1 Å². The molecule has 0 aromatic carbocycles. The van der Waals surface area contributed by atoms with Crippen LogP contribution in [-0.4, -0.2) is 46.8 Å². The normalized spacial score (nSPS) is 13.3. The van der Waals surface area contributed by atoms with E-state index in [0.29, 0.717) is 19.3 Å². The molecule has 0 heterocycles. The van der Waals surface area contributed by atoms with Crippen molar-refractivity contribution in [3.8, 4) is 0 Å². The van der Waals surface area contributed by atoms with Crippen LogP contribution < -0.4 is 0 Å². The molecule has 0 aromatic rings. The smallest absolute Gasteiger partial charge is 0.462 e. The van der Waals surface area contributed by atoms with Crippen molar-refractivity contribution in [2.45, 2.75) is 168 Å². The highest BCUT2D eigenvalue weighted by atomic mass is 31.2. The van der Waals surface area contributed by atoms with Crippen LogP contribution in [-0.2, 0) is 32.9 Å². The maximum Gasteiger partial charge on any atom is 0.469 e. The molecular formula is C36H65O9P. The standard InChI is InChI=1S/C36H65O9P/c1-4-6-20-26-33(37)27-22-17-13-8-7-9-14-18-23-28-35(38)43-30-34(31-44-46(40,41)42)45-36(39)29-24-19-15-11-10-12-16-21-25-32(3)5-2/h13,17,22,27,32,34H,4-12,14-16,18-21,23-26,28-31H2,1-3H3,(H2,40,41,42)/b17-13-,27-22+/t32?,34-/m1/s1. The van der Waals surface area contributed by atoms with Crippen LogP contribution in [0.5, 0.6) is 0 Å². The molecule has 2 atom stereocenters. The lowest BCUT2D eigenvalue weighted by atomic mass is 9.99. The van der Waals surface area contributed by atoms with E-state index in [0.717, 1.165) is 76.5 Å². The van der Waals surface area contributed by atoms with Gasteiger partial charge in [-0.1, -0.05) is 129 Å². The van der Waals surface area contributed by atoms with Crippen molar-refractivity contribution < 1.29 is 42.7 Å². The van der Waals surface area contributed by atoms with Crippen molar-refractivity contribution in [1.29, 1.82) is 0 Å². The topological polar surface area (TPSA) is 136 Å². The molecule has 268 valence electrons. The molecule has 0 amide bonds. The third kappa shape index (κ3) is 32.2. The Balaban J connectivity index is 4.07. The summed E-state index contributed by atoms with van der Waals surface area (Å²) in [5.74, 6) is 0.0406. The van der Waals surface area contributed by atoms with Crippen LogP contribution in [0.15, 0.2) is 24.3 Å². The lowest BCUT2D eigenvalue weighted by molar-refractivity contribution is -0.161. The molecule has 9 nitrogen and oxygen atoms in total. The average molecular weight is 673 g/mol. The van der Waals surface area contributed by atoms with Gasteiger partial charge < -0.3 is 19.3 Å². The Hall–Kier alpha value is -1.80. The maximum atomic E-state index is 12.3. The number of carbonyl (C=O) groups is 3. The largest absolute Gasteiger partial charge is 0.469 e. The van der Waals surface area contributed by atoms with Gasteiger partial charge in [-0.2, -0.15) is 0 Å². The average Bonchev–Trinajstić information content (AvgIpc) is 3.01. The first-order chi connectivity index (χ1) is 22.1. The summed E-state index contributed by atoms with van der Waals surface area (Å²) >= 11 is 0. The first-order valence-corrected chi connectivity index (χ1v) is 19.5. The van der Waals surface area contributed by atoms with E-state index in [1.807, 2.05) is 12.2 Å². The Kier molecular flexibility index (Phi) is 29.3. The van der Waals surface area contributed by atoms with Gasteiger partial charge in [0.25, 0.3) is 0 Å². The number of esters is 2. The summed E-state index contributed by atoms with van der Waals surface area (Å²) in [5.41, 5.74) is 0. The van der Waals surface area contributed by atoms with Crippen LogP contribution in [0.25, 0.3) is 0 Å². The van der Waals surface area contributed by atoms with Crippen LogP contribution in [0.2, 0.25) is 0 Å². The predicted octanol–water partition coefficient (Wildman–Crippen LogP) is 9.49. The fourth-order valence-corrected chi connectivity index (χ4v) is 5.22. The highest BCUT2D eigenvalue weighted by Crippen LogP contribution is 2.36. The number of ether oxygens (including phenoxy) is 2. The number of ketones is 1. The molecule has 2 N–H and O–H groups in total.